The number of fused-ring (bicyclic) bond motifs is 1. The van der Waals surface area contributed by atoms with Crippen LogP contribution in [0, 0.1) is 0 Å². The molecular weight excluding hydrogens is 387 g/mol. The molecule has 0 spiro atoms. The highest BCUT2D eigenvalue weighted by molar-refractivity contribution is 5.98. The fraction of sp³-hybridized carbons (Fsp3) is 0.409. The van der Waals surface area contributed by atoms with E-state index in [4.69, 9.17) is 5.10 Å². The van der Waals surface area contributed by atoms with Crippen molar-refractivity contribution in [3.8, 4) is 5.69 Å². The fourth-order valence-electron chi connectivity index (χ4n) is 4.31. The normalized spacial score (nSPS) is 22.3. The molecule has 2 fully saturated rings. The summed E-state index contributed by atoms with van der Waals surface area (Å²) in [4.78, 5) is 18.1. The zero-order valence-electron chi connectivity index (χ0n) is 16.4. The van der Waals surface area contributed by atoms with Crippen molar-refractivity contribution in [3.63, 3.8) is 0 Å². The van der Waals surface area contributed by atoms with Gasteiger partial charge in [0.05, 0.1) is 35.1 Å². The third-order valence-electron chi connectivity index (χ3n) is 6.20. The number of aromatic nitrogens is 3. The minimum Gasteiger partial charge on any atom is -0.477 e. The van der Waals surface area contributed by atoms with Crippen molar-refractivity contribution in [2.24, 2.45) is 0 Å². The van der Waals surface area contributed by atoms with Crippen LogP contribution in [-0.2, 0) is 0 Å². The van der Waals surface area contributed by atoms with Crippen LogP contribution in [-0.4, -0.2) is 56.3 Å². The molecule has 2 aromatic heterocycles. The smallest absolute Gasteiger partial charge is 0.354 e. The number of hydrogen-bond acceptors (Lipinski definition) is 5. The number of pyridine rings is 1. The summed E-state index contributed by atoms with van der Waals surface area (Å²) in [6, 6.07) is 11.0. The van der Waals surface area contributed by atoms with Gasteiger partial charge in [-0.3, -0.25) is 0 Å². The molecule has 1 saturated carbocycles. The molecule has 8 heteroatoms. The Hall–Kier alpha value is -3.00. The van der Waals surface area contributed by atoms with Crippen LogP contribution < -0.4 is 4.90 Å². The Balaban J connectivity index is 1.76. The molecule has 156 valence electrons. The number of benzene rings is 1. The highest BCUT2D eigenvalue weighted by Crippen LogP contribution is 2.43. The van der Waals surface area contributed by atoms with Crippen molar-refractivity contribution < 1.29 is 19.4 Å². The molecule has 3 heterocycles. The highest BCUT2D eigenvalue weighted by atomic mass is 19.1. The van der Waals surface area contributed by atoms with E-state index in [1.165, 1.54) is 6.07 Å². The predicted molar refractivity (Wildman–Crippen MR) is 110 cm³/mol. The lowest BCUT2D eigenvalue weighted by Gasteiger charge is -2.34. The number of para-hydroxylation sites is 1. The standard InChI is InChI=1S/C22H23FN4O3/c23-15-12-26(10-9-18(15)28)17-11-16(22(29)30)24-21-19(17)20(13-5-4-6-13)25-27(21)14-7-2-1-3-8-14/h1-3,7-8,11,13,15,18,28H,4-6,9-10,12H2,(H,29,30)/t15-,18-/m1/s1. The highest BCUT2D eigenvalue weighted by Gasteiger charge is 2.33. The first-order chi connectivity index (χ1) is 14.5. The van der Waals surface area contributed by atoms with Crippen molar-refractivity contribution in [3.05, 3.63) is 47.8 Å². The lowest BCUT2D eigenvalue weighted by atomic mass is 9.82. The van der Waals surface area contributed by atoms with E-state index < -0.39 is 18.2 Å². The first kappa shape index (κ1) is 19.0. The molecule has 2 N–H and O–H groups in total. The van der Waals surface area contributed by atoms with Gasteiger partial charge in [-0.1, -0.05) is 24.6 Å². The molecule has 1 saturated heterocycles. The zero-order chi connectivity index (χ0) is 20.8. The van der Waals surface area contributed by atoms with Crippen LogP contribution in [0.5, 0.6) is 0 Å². The molecule has 0 radical (unpaired) electrons. The third kappa shape index (κ3) is 3.11. The SMILES string of the molecule is O=C(O)c1cc(N2CC[C@@H](O)[C@H](F)C2)c2c(C3CCC3)nn(-c3ccccc3)c2n1. The number of alkyl halides is 1. The zero-order valence-corrected chi connectivity index (χ0v) is 16.4. The summed E-state index contributed by atoms with van der Waals surface area (Å²) < 4.78 is 16.0. The van der Waals surface area contributed by atoms with Crippen molar-refractivity contribution >= 4 is 22.7 Å². The number of carboxylic acid groups (broad SMARTS) is 1. The summed E-state index contributed by atoms with van der Waals surface area (Å²) in [6.07, 6.45) is 1.08. The minimum absolute atomic E-state index is 0.0139. The second-order valence-electron chi connectivity index (χ2n) is 8.11. The van der Waals surface area contributed by atoms with Crippen LogP contribution in [0.3, 0.4) is 0 Å². The second kappa shape index (κ2) is 7.36. The van der Waals surface area contributed by atoms with E-state index in [1.54, 1.807) is 4.68 Å². The summed E-state index contributed by atoms with van der Waals surface area (Å²) >= 11 is 0. The lowest BCUT2D eigenvalue weighted by molar-refractivity contribution is 0.0615. The number of aromatic carboxylic acids is 1. The van der Waals surface area contributed by atoms with Crippen LogP contribution in [0.4, 0.5) is 10.1 Å². The number of carbonyl (C=O) groups is 1. The van der Waals surface area contributed by atoms with Crippen LogP contribution in [0.15, 0.2) is 36.4 Å². The van der Waals surface area contributed by atoms with Crippen molar-refractivity contribution in [2.75, 3.05) is 18.0 Å². The van der Waals surface area contributed by atoms with Gasteiger partial charge in [0.25, 0.3) is 0 Å². The Morgan fingerprint density at radius 1 is 1.17 bits per heavy atom. The number of anilines is 1. The maximum atomic E-state index is 14.3. The Bertz CT molecular complexity index is 1100. The predicted octanol–water partition coefficient (Wildman–Crippen LogP) is 3.30. The number of rotatable bonds is 4. The molecule has 30 heavy (non-hydrogen) atoms. The number of carboxylic acids is 1. The van der Waals surface area contributed by atoms with Gasteiger partial charge in [0.2, 0.25) is 0 Å². The van der Waals surface area contributed by atoms with Crippen LogP contribution in [0.1, 0.15) is 47.8 Å². The molecule has 2 atom stereocenters. The Kier molecular flexibility index (Phi) is 4.66. The van der Waals surface area contributed by atoms with E-state index in [9.17, 15) is 19.4 Å². The summed E-state index contributed by atoms with van der Waals surface area (Å²) in [5.41, 5.74) is 2.69. The van der Waals surface area contributed by atoms with Crippen molar-refractivity contribution in [1.29, 1.82) is 0 Å². The Morgan fingerprint density at radius 2 is 1.93 bits per heavy atom. The minimum atomic E-state index is -1.38. The van der Waals surface area contributed by atoms with E-state index in [1.807, 2.05) is 35.2 Å². The fourth-order valence-corrected chi connectivity index (χ4v) is 4.31. The molecule has 1 aliphatic carbocycles. The molecule has 7 nitrogen and oxygen atoms in total. The van der Waals surface area contributed by atoms with Gasteiger partial charge < -0.3 is 15.1 Å². The Labute approximate surface area is 172 Å². The molecule has 0 unspecified atom stereocenters. The van der Waals surface area contributed by atoms with E-state index in [2.05, 4.69) is 4.98 Å². The van der Waals surface area contributed by atoms with Gasteiger partial charge in [0.15, 0.2) is 11.3 Å². The number of aliphatic hydroxyl groups excluding tert-OH is 1. The van der Waals surface area contributed by atoms with E-state index in [0.717, 1.165) is 36.0 Å². The first-order valence-electron chi connectivity index (χ1n) is 10.3. The second-order valence-corrected chi connectivity index (χ2v) is 8.11. The molecule has 0 bridgehead atoms. The topological polar surface area (TPSA) is 91.5 Å². The summed E-state index contributed by atoms with van der Waals surface area (Å²) in [7, 11) is 0. The van der Waals surface area contributed by atoms with E-state index in [-0.39, 0.29) is 18.2 Å². The van der Waals surface area contributed by atoms with E-state index in [0.29, 0.717) is 24.3 Å². The lowest BCUT2D eigenvalue weighted by Crippen LogP contribution is -2.44. The van der Waals surface area contributed by atoms with Gasteiger partial charge in [-0.25, -0.2) is 18.9 Å². The summed E-state index contributed by atoms with van der Waals surface area (Å²) in [6.45, 7) is 0.459. The van der Waals surface area contributed by atoms with Crippen LogP contribution in [0.25, 0.3) is 16.7 Å². The van der Waals surface area contributed by atoms with Crippen LogP contribution >= 0.6 is 0 Å². The van der Waals surface area contributed by atoms with Gasteiger partial charge >= 0.3 is 5.97 Å². The van der Waals surface area contributed by atoms with Crippen molar-refractivity contribution in [2.45, 2.75) is 43.9 Å². The van der Waals surface area contributed by atoms with Gasteiger partial charge in [0.1, 0.15) is 6.17 Å². The average Bonchev–Trinajstić information content (AvgIpc) is 3.08. The quantitative estimate of drug-likeness (QED) is 0.686. The van der Waals surface area contributed by atoms with Gasteiger partial charge in [-0.15, -0.1) is 0 Å². The van der Waals surface area contributed by atoms with Crippen LogP contribution in [0.2, 0.25) is 0 Å². The number of aliphatic hydroxyl groups is 1. The number of hydrogen-bond donors (Lipinski definition) is 2. The van der Waals surface area contributed by atoms with Gasteiger partial charge in [0, 0.05) is 12.5 Å². The monoisotopic (exact) mass is 410 g/mol. The summed E-state index contributed by atoms with van der Waals surface area (Å²) in [5.74, 6) is -0.858. The molecular formula is C22H23FN4O3. The number of halogens is 1. The molecule has 2 aliphatic rings. The number of piperidine rings is 1. The van der Waals surface area contributed by atoms with E-state index >= 15 is 0 Å². The molecule has 0 amide bonds. The third-order valence-corrected chi connectivity index (χ3v) is 6.20. The molecule has 5 rings (SSSR count). The maximum absolute atomic E-state index is 14.3. The maximum Gasteiger partial charge on any atom is 0.354 e. The van der Waals surface area contributed by atoms with Gasteiger partial charge in [-0.05, 0) is 37.5 Å². The Morgan fingerprint density at radius 3 is 2.57 bits per heavy atom. The largest absolute Gasteiger partial charge is 0.477 e. The summed E-state index contributed by atoms with van der Waals surface area (Å²) in [5, 5.41) is 25.1. The molecule has 3 aromatic rings. The molecule has 1 aromatic carbocycles. The van der Waals surface area contributed by atoms with Gasteiger partial charge in [-0.2, -0.15) is 5.10 Å². The molecule has 1 aliphatic heterocycles. The number of nitrogens with zero attached hydrogens (tertiary/aromatic N) is 4. The average molecular weight is 410 g/mol. The van der Waals surface area contributed by atoms with Crippen molar-refractivity contribution in [1.82, 2.24) is 14.8 Å². The first-order valence-corrected chi connectivity index (χ1v) is 10.3.